The maximum Gasteiger partial charge on any atom is 0.131 e. The van der Waals surface area contributed by atoms with Crippen LogP contribution in [0.3, 0.4) is 0 Å². The van der Waals surface area contributed by atoms with Gasteiger partial charge in [0.15, 0.2) is 0 Å². The number of fused-ring (bicyclic) bond motifs is 3. The Morgan fingerprint density at radius 2 is 1.80 bits per heavy atom. The predicted octanol–water partition coefficient (Wildman–Crippen LogP) is 4.73. The Hall–Kier alpha value is -1.89. The zero-order valence-electron chi connectivity index (χ0n) is 11.9. The molecule has 1 heteroatoms. The second-order valence-electron chi connectivity index (χ2n) is 5.54. The number of hydrogen-bond donors (Lipinski definition) is 0. The summed E-state index contributed by atoms with van der Waals surface area (Å²) in [4.78, 5) is 11.6. The van der Waals surface area contributed by atoms with Gasteiger partial charge in [-0.2, -0.15) is 0 Å². The summed E-state index contributed by atoms with van der Waals surface area (Å²) in [6, 6.07) is 14.8. The molecule has 0 aliphatic heterocycles. The first kappa shape index (κ1) is 13.1. The monoisotopic (exact) mass is 264 g/mol. The lowest BCUT2D eigenvalue weighted by molar-refractivity contribution is -0.108. The van der Waals surface area contributed by atoms with E-state index in [9.17, 15) is 4.79 Å². The molecular weight excluding hydrogens is 244 g/mol. The fourth-order valence-corrected chi connectivity index (χ4v) is 3.31. The van der Waals surface area contributed by atoms with E-state index in [4.69, 9.17) is 0 Å². The molecule has 0 bridgehead atoms. The number of aryl methyl sites for hydroxylation is 1. The van der Waals surface area contributed by atoms with Gasteiger partial charge in [0, 0.05) is 0 Å². The first-order valence-corrected chi connectivity index (χ1v) is 7.53. The van der Waals surface area contributed by atoms with Crippen molar-refractivity contribution in [2.45, 2.75) is 38.5 Å². The van der Waals surface area contributed by atoms with Crippen molar-refractivity contribution < 1.29 is 4.79 Å². The SMILES string of the molecule is CCCCCc1cccc2c1C(C=O)c1ccccc1-2. The first-order chi connectivity index (χ1) is 9.86. The van der Waals surface area contributed by atoms with E-state index in [2.05, 4.69) is 43.3 Å². The van der Waals surface area contributed by atoms with Crippen LogP contribution in [0.5, 0.6) is 0 Å². The van der Waals surface area contributed by atoms with Crippen molar-refractivity contribution in [3.05, 3.63) is 59.2 Å². The van der Waals surface area contributed by atoms with Crippen LogP contribution in [0.4, 0.5) is 0 Å². The summed E-state index contributed by atoms with van der Waals surface area (Å²) in [6.45, 7) is 2.22. The Morgan fingerprint density at radius 1 is 1.00 bits per heavy atom. The van der Waals surface area contributed by atoms with Gasteiger partial charge in [0.2, 0.25) is 0 Å². The van der Waals surface area contributed by atoms with Crippen LogP contribution < -0.4 is 0 Å². The van der Waals surface area contributed by atoms with Crippen molar-refractivity contribution in [2.75, 3.05) is 0 Å². The highest BCUT2D eigenvalue weighted by atomic mass is 16.1. The number of benzene rings is 2. The van der Waals surface area contributed by atoms with E-state index in [0.717, 1.165) is 12.7 Å². The average molecular weight is 264 g/mol. The van der Waals surface area contributed by atoms with E-state index in [1.54, 1.807) is 0 Å². The van der Waals surface area contributed by atoms with Crippen molar-refractivity contribution in [1.29, 1.82) is 0 Å². The summed E-state index contributed by atoms with van der Waals surface area (Å²) in [6.07, 6.45) is 5.87. The molecule has 0 radical (unpaired) electrons. The van der Waals surface area contributed by atoms with E-state index in [1.165, 1.54) is 47.1 Å². The second kappa shape index (κ2) is 5.62. The number of carbonyl (C=O) groups excluding carboxylic acids is 1. The van der Waals surface area contributed by atoms with Gasteiger partial charge in [-0.25, -0.2) is 0 Å². The minimum absolute atomic E-state index is 0.0703. The lowest BCUT2D eigenvalue weighted by atomic mass is 9.91. The van der Waals surface area contributed by atoms with Gasteiger partial charge in [-0.15, -0.1) is 0 Å². The largest absolute Gasteiger partial charge is 0.302 e. The number of hydrogen-bond acceptors (Lipinski definition) is 1. The molecule has 0 fully saturated rings. The predicted molar refractivity (Wildman–Crippen MR) is 83.0 cm³/mol. The van der Waals surface area contributed by atoms with Crippen LogP contribution in [0, 0.1) is 0 Å². The lowest BCUT2D eigenvalue weighted by Gasteiger charge is -2.12. The number of unbranched alkanes of at least 4 members (excludes halogenated alkanes) is 2. The second-order valence-corrected chi connectivity index (χ2v) is 5.54. The molecule has 2 aromatic rings. The first-order valence-electron chi connectivity index (χ1n) is 7.53. The molecule has 0 saturated heterocycles. The Labute approximate surface area is 120 Å². The van der Waals surface area contributed by atoms with Gasteiger partial charge < -0.3 is 4.79 Å². The number of rotatable bonds is 5. The van der Waals surface area contributed by atoms with E-state index in [-0.39, 0.29) is 5.92 Å². The fraction of sp³-hybridized carbons (Fsp3) is 0.316. The average Bonchev–Trinajstić information content (AvgIpc) is 2.82. The number of carbonyl (C=O) groups is 1. The van der Waals surface area contributed by atoms with Gasteiger partial charge in [-0.3, -0.25) is 0 Å². The lowest BCUT2D eigenvalue weighted by Crippen LogP contribution is -2.02. The zero-order chi connectivity index (χ0) is 13.9. The van der Waals surface area contributed by atoms with E-state index >= 15 is 0 Å². The molecule has 2 aromatic carbocycles. The maximum absolute atomic E-state index is 11.6. The summed E-state index contributed by atoms with van der Waals surface area (Å²) in [5.41, 5.74) is 6.26. The van der Waals surface area contributed by atoms with Crippen LogP contribution in [0.15, 0.2) is 42.5 Å². The fourth-order valence-electron chi connectivity index (χ4n) is 3.31. The summed E-state index contributed by atoms with van der Waals surface area (Å²) in [5.74, 6) is -0.0703. The normalized spacial score (nSPS) is 15.8. The molecule has 1 atom stereocenters. The molecule has 1 unspecified atom stereocenters. The van der Waals surface area contributed by atoms with Crippen LogP contribution in [0.1, 0.15) is 48.8 Å². The van der Waals surface area contributed by atoms with E-state index in [1.807, 2.05) is 6.07 Å². The van der Waals surface area contributed by atoms with Crippen LogP contribution in [-0.4, -0.2) is 6.29 Å². The highest BCUT2D eigenvalue weighted by molar-refractivity contribution is 5.88. The third kappa shape index (κ3) is 2.07. The number of aldehydes is 1. The highest BCUT2D eigenvalue weighted by Gasteiger charge is 2.29. The van der Waals surface area contributed by atoms with Crippen molar-refractivity contribution in [3.8, 4) is 11.1 Å². The molecule has 1 nitrogen and oxygen atoms in total. The molecule has 102 valence electrons. The Kier molecular flexibility index (Phi) is 3.68. The smallest absolute Gasteiger partial charge is 0.131 e. The van der Waals surface area contributed by atoms with Crippen molar-refractivity contribution in [1.82, 2.24) is 0 Å². The van der Waals surface area contributed by atoms with E-state index in [0.29, 0.717) is 0 Å². The summed E-state index contributed by atoms with van der Waals surface area (Å²) < 4.78 is 0. The van der Waals surface area contributed by atoms with Crippen LogP contribution in [0.2, 0.25) is 0 Å². The highest BCUT2D eigenvalue weighted by Crippen LogP contribution is 2.45. The third-order valence-corrected chi connectivity index (χ3v) is 4.28. The van der Waals surface area contributed by atoms with Gasteiger partial charge in [0.1, 0.15) is 6.29 Å². The summed E-state index contributed by atoms with van der Waals surface area (Å²) in [5, 5.41) is 0. The molecule has 1 aliphatic carbocycles. The molecule has 0 N–H and O–H groups in total. The molecule has 0 spiro atoms. The van der Waals surface area contributed by atoms with Crippen LogP contribution >= 0.6 is 0 Å². The molecule has 0 aromatic heterocycles. The Morgan fingerprint density at radius 3 is 2.60 bits per heavy atom. The van der Waals surface area contributed by atoms with Gasteiger partial charge in [-0.1, -0.05) is 62.2 Å². The molecule has 0 saturated carbocycles. The van der Waals surface area contributed by atoms with Gasteiger partial charge in [0.05, 0.1) is 5.92 Å². The van der Waals surface area contributed by atoms with Gasteiger partial charge in [0.25, 0.3) is 0 Å². The van der Waals surface area contributed by atoms with Crippen LogP contribution in [-0.2, 0) is 11.2 Å². The molecule has 0 heterocycles. The van der Waals surface area contributed by atoms with Gasteiger partial charge in [-0.05, 0) is 40.7 Å². The summed E-state index contributed by atoms with van der Waals surface area (Å²) in [7, 11) is 0. The Balaban J connectivity index is 2.06. The zero-order valence-corrected chi connectivity index (χ0v) is 11.9. The minimum atomic E-state index is -0.0703. The van der Waals surface area contributed by atoms with Crippen molar-refractivity contribution in [3.63, 3.8) is 0 Å². The molecule has 3 rings (SSSR count). The quantitative estimate of drug-likeness (QED) is 0.563. The summed E-state index contributed by atoms with van der Waals surface area (Å²) >= 11 is 0. The third-order valence-electron chi connectivity index (χ3n) is 4.28. The standard InChI is InChI=1S/C19H20O/c1-2-3-4-8-14-9-7-12-17-15-10-5-6-11-16(15)18(13-20)19(14)17/h5-7,9-13,18H,2-4,8H2,1H3. The Bertz CT molecular complexity index is 627. The minimum Gasteiger partial charge on any atom is -0.302 e. The maximum atomic E-state index is 11.6. The van der Waals surface area contributed by atoms with E-state index < -0.39 is 0 Å². The molecule has 0 amide bonds. The molecule has 20 heavy (non-hydrogen) atoms. The van der Waals surface area contributed by atoms with Crippen molar-refractivity contribution in [2.24, 2.45) is 0 Å². The van der Waals surface area contributed by atoms with Crippen LogP contribution in [0.25, 0.3) is 11.1 Å². The molecular formula is C19H20O. The van der Waals surface area contributed by atoms with Gasteiger partial charge >= 0.3 is 0 Å². The topological polar surface area (TPSA) is 17.1 Å². The molecule has 1 aliphatic rings. The van der Waals surface area contributed by atoms with Crippen molar-refractivity contribution >= 4 is 6.29 Å².